The molecule has 1 aromatic carbocycles. The third-order valence-corrected chi connectivity index (χ3v) is 5.41. The lowest BCUT2D eigenvalue weighted by molar-refractivity contribution is 0.215. The first-order valence-electron chi connectivity index (χ1n) is 8.54. The Morgan fingerprint density at radius 1 is 1.17 bits per heavy atom. The number of halogens is 1. The van der Waals surface area contributed by atoms with Gasteiger partial charge in [0.1, 0.15) is 0 Å². The highest BCUT2D eigenvalue weighted by atomic mass is 35.5. The van der Waals surface area contributed by atoms with E-state index < -0.39 is 0 Å². The zero-order valence-corrected chi connectivity index (χ0v) is 15.2. The summed E-state index contributed by atoms with van der Waals surface area (Å²) < 4.78 is 0. The Balaban J connectivity index is 1.81. The number of hydrogen-bond donors (Lipinski definition) is 0. The van der Waals surface area contributed by atoms with Gasteiger partial charge in [-0.3, -0.25) is 0 Å². The van der Waals surface area contributed by atoms with E-state index in [9.17, 15) is 0 Å². The quantitative estimate of drug-likeness (QED) is 0.714. The lowest BCUT2D eigenvalue weighted by atomic mass is 9.96. The van der Waals surface area contributed by atoms with Crippen molar-refractivity contribution in [2.45, 2.75) is 13.8 Å². The molecular formula is C19H23ClN4. The van der Waals surface area contributed by atoms with Gasteiger partial charge in [0.25, 0.3) is 0 Å². The average Bonchev–Trinajstić information content (AvgIpc) is 2.57. The van der Waals surface area contributed by atoms with Crippen molar-refractivity contribution in [1.29, 1.82) is 0 Å². The molecule has 5 heteroatoms. The summed E-state index contributed by atoms with van der Waals surface area (Å²) in [7, 11) is 2.18. The van der Waals surface area contributed by atoms with Gasteiger partial charge in [0.2, 0.25) is 0 Å². The summed E-state index contributed by atoms with van der Waals surface area (Å²) in [5.41, 5.74) is 4.60. The molecule has 0 N–H and O–H groups in total. The minimum atomic E-state index is 0.426. The number of likely N-dealkylation sites (N-methyl/N-ethyl adjacent to an activating group) is 1. The zero-order chi connectivity index (χ0) is 16.8. The molecular weight excluding hydrogens is 320 g/mol. The van der Waals surface area contributed by atoms with E-state index in [4.69, 9.17) is 16.6 Å². The minimum Gasteiger partial charge on any atom is -0.352 e. The van der Waals surface area contributed by atoms with Crippen LogP contribution in [0.1, 0.15) is 13.8 Å². The summed E-state index contributed by atoms with van der Waals surface area (Å²) >= 11 is 6.24. The predicted octanol–water partition coefficient (Wildman–Crippen LogP) is 3.87. The molecule has 1 aromatic rings. The fourth-order valence-electron chi connectivity index (χ4n) is 3.43. The number of piperazine rings is 1. The van der Waals surface area contributed by atoms with Gasteiger partial charge in [0.05, 0.1) is 17.1 Å². The maximum Gasteiger partial charge on any atom is 0.153 e. The highest BCUT2D eigenvalue weighted by Crippen LogP contribution is 2.41. The van der Waals surface area contributed by atoms with Crippen LogP contribution in [0.5, 0.6) is 0 Å². The van der Waals surface area contributed by atoms with Gasteiger partial charge >= 0.3 is 0 Å². The topological polar surface area (TPSA) is 22.1 Å². The molecule has 0 radical (unpaired) electrons. The van der Waals surface area contributed by atoms with Crippen LogP contribution in [-0.2, 0) is 0 Å². The van der Waals surface area contributed by atoms with E-state index in [2.05, 4.69) is 47.9 Å². The van der Waals surface area contributed by atoms with Crippen LogP contribution in [0.15, 0.2) is 46.7 Å². The van der Waals surface area contributed by atoms with Gasteiger partial charge in [-0.2, -0.15) is 0 Å². The summed E-state index contributed by atoms with van der Waals surface area (Å²) in [5.74, 6) is 1.52. The number of anilines is 1. The van der Waals surface area contributed by atoms with Crippen LogP contribution in [0.25, 0.3) is 0 Å². The van der Waals surface area contributed by atoms with Gasteiger partial charge in [-0.1, -0.05) is 18.5 Å². The van der Waals surface area contributed by atoms with Crippen LogP contribution in [-0.4, -0.2) is 48.9 Å². The van der Waals surface area contributed by atoms with Gasteiger partial charge in [0, 0.05) is 37.4 Å². The number of aliphatic imine (C=N–C) groups is 1. The molecule has 0 bridgehead atoms. The highest BCUT2D eigenvalue weighted by molar-refractivity contribution is 6.31. The molecule has 1 fully saturated rings. The standard InChI is InChI=1S/C19H23ClN4/c1-13-10-18-19(23-8-6-22(3)7-9-23)21-16-5-4-15(20)11-17(16)24(18)12-14(13)2/h4-5,10-13H,6-9H2,1-3H3. The first kappa shape index (κ1) is 15.7. The van der Waals surface area contributed by atoms with Crippen LogP contribution in [0.4, 0.5) is 11.4 Å². The van der Waals surface area contributed by atoms with E-state index in [1.165, 1.54) is 11.3 Å². The molecule has 24 heavy (non-hydrogen) atoms. The van der Waals surface area contributed by atoms with Crippen LogP contribution < -0.4 is 4.90 Å². The molecule has 3 aliphatic rings. The smallest absolute Gasteiger partial charge is 0.153 e. The van der Waals surface area contributed by atoms with E-state index in [1.807, 2.05) is 18.2 Å². The minimum absolute atomic E-state index is 0.426. The average molecular weight is 343 g/mol. The van der Waals surface area contributed by atoms with Gasteiger partial charge in [-0.15, -0.1) is 0 Å². The summed E-state index contributed by atoms with van der Waals surface area (Å²) in [5, 5.41) is 0.746. The molecule has 1 unspecified atom stereocenters. The number of rotatable bonds is 0. The molecule has 1 saturated heterocycles. The molecule has 4 nitrogen and oxygen atoms in total. The molecule has 0 aromatic heterocycles. The zero-order valence-electron chi connectivity index (χ0n) is 14.5. The first-order valence-corrected chi connectivity index (χ1v) is 8.92. The Hall–Kier alpha value is -1.78. The predicted molar refractivity (Wildman–Crippen MR) is 101 cm³/mol. The molecule has 0 spiro atoms. The third kappa shape index (κ3) is 2.64. The number of benzene rings is 1. The van der Waals surface area contributed by atoms with Crippen molar-refractivity contribution in [3.05, 3.63) is 46.8 Å². The van der Waals surface area contributed by atoms with Crippen LogP contribution in [0.2, 0.25) is 5.02 Å². The second-order valence-electron chi connectivity index (χ2n) is 6.94. The molecule has 0 saturated carbocycles. The van der Waals surface area contributed by atoms with E-state index in [0.717, 1.165) is 48.4 Å². The maximum absolute atomic E-state index is 6.24. The van der Waals surface area contributed by atoms with E-state index in [-0.39, 0.29) is 0 Å². The Morgan fingerprint density at radius 2 is 1.92 bits per heavy atom. The van der Waals surface area contributed by atoms with Crippen molar-refractivity contribution in [2.24, 2.45) is 10.9 Å². The van der Waals surface area contributed by atoms with Crippen molar-refractivity contribution in [2.75, 3.05) is 38.1 Å². The van der Waals surface area contributed by atoms with Gasteiger partial charge in [-0.25, -0.2) is 4.99 Å². The Bertz CT molecular complexity index is 757. The molecule has 4 rings (SSSR count). The summed E-state index contributed by atoms with van der Waals surface area (Å²) in [6.07, 6.45) is 4.57. The van der Waals surface area contributed by atoms with Crippen LogP contribution >= 0.6 is 11.6 Å². The monoisotopic (exact) mass is 342 g/mol. The lowest BCUT2D eigenvalue weighted by Gasteiger charge is -2.41. The molecule has 126 valence electrons. The van der Waals surface area contributed by atoms with Gasteiger partial charge in [-0.05, 0) is 49.7 Å². The van der Waals surface area contributed by atoms with Crippen LogP contribution in [0, 0.1) is 5.92 Å². The normalized spacial score (nSPS) is 24.0. The van der Waals surface area contributed by atoms with Crippen molar-refractivity contribution in [3.8, 4) is 0 Å². The molecule has 0 aliphatic carbocycles. The molecule has 0 amide bonds. The van der Waals surface area contributed by atoms with Crippen molar-refractivity contribution in [1.82, 2.24) is 9.80 Å². The lowest BCUT2D eigenvalue weighted by Crippen LogP contribution is -2.50. The van der Waals surface area contributed by atoms with E-state index in [1.54, 1.807) is 0 Å². The Kier molecular flexibility index (Phi) is 3.89. The Labute approximate surface area is 148 Å². The number of fused-ring (bicyclic) bond motifs is 3. The highest BCUT2D eigenvalue weighted by Gasteiger charge is 2.31. The third-order valence-electron chi connectivity index (χ3n) is 5.17. The summed E-state index contributed by atoms with van der Waals surface area (Å²) in [6.45, 7) is 8.60. The number of amidine groups is 1. The SMILES string of the molecule is CC1=CN2C(=CC1C)C(N1CCN(C)CC1)=Nc1ccc(Cl)cc12. The molecule has 3 heterocycles. The molecule has 1 atom stereocenters. The number of hydrogen-bond acceptors (Lipinski definition) is 4. The molecule has 3 aliphatic heterocycles. The van der Waals surface area contributed by atoms with Gasteiger partial charge < -0.3 is 14.7 Å². The fourth-order valence-corrected chi connectivity index (χ4v) is 3.59. The van der Waals surface area contributed by atoms with Crippen molar-refractivity contribution >= 4 is 28.8 Å². The van der Waals surface area contributed by atoms with E-state index in [0.29, 0.717) is 5.92 Å². The largest absolute Gasteiger partial charge is 0.352 e. The van der Waals surface area contributed by atoms with Crippen LogP contribution in [0.3, 0.4) is 0 Å². The second kappa shape index (κ2) is 5.94. The fraction of sp³-hybridized carbons (Fsp3) is 0.421. The van der Waals surface area contributed by atoms with E-state index >= 15 is 0 Å². The maximum atomic E-state index is 6.24. The number of allylic oxidation sites excluding steroid dienone is 2. The summed E-state index contributed by atoms with van der Waals surface area (Å²) in [6, 6.07) is 5.95. The number of nitrogens with zero attached hydrogens (tertiary/aromatic N) is 4. The second-order valence-corrected chi connectivity index (χ2v) is 7.38. The van der Waals surface area contributed by atoms with Crippen molar-refractivity contribution < 1.29 is 0 Å². The summed E-state index contributed by atoms with van der Waals surface area (Å²) in [4.78, 5) is 12.0. The first-order chi connectivity index (χ1) is 11.5. The van der Waals surface area contributed by atoms with Crippen molar-refractivity contribution in [3.63, 3.8) is 0 Å². The Morgan fingerprint density at radius 3 is 2.67 bits per heavy atom. The van der Waals surface area contributed by atoms with Gasteiger partial charge in [0.15, 0.2) is 5.84 Å².